The van der Waals surface area contributed by atoms with E-state index in [-0.39, 0.29) is 5.57 Å². The van der Waals surface area contributed by atoms with Crippen molar-refractivity contribution in [3.05, 3.63) is 12.2 Å². The van der Waals surface area contributed by atoms with Crippen LogP contribution in [0.2, 0.25) is 0 Å². The van der Waals surface area contributed by atoms with Gasteiger partial charge in [-0.05, 0) is 13.8 Å². The molecule has 0 saturated carbocycles. The smallest absolute Gasteiger partial charge is 0.336 e. The third-order valence-corrected chi connectivity index (χ3v) is 1.43. The summed E-state index contributed by atoms with van der Waals surface area (Å²) < 4.78 is 9.45. The Labute approximate surface area is 87.8 Å². The summed E-state index contributed by atoms with van der Waals surface area (Å²) in [7, 11) is 0. The van der Waals surface area contributed by atoms with Crippen molar-refractivity contribution >= 4 is 23.5 Å². The Hall–Kier alpha value is -1.03. The van der Waals surface area contributed by atoms with Crippen LogP contribution in [0.15, 0.2) is 12.2 Å². The summed E-state index contributed by atoms with van der Waals surface area (Å²) in [5, 5.41) is -0.609. The molecule has 0 fully saturated rings. The summed E-state index contributed by atoms with van der Waals surface area (Å²) in [4.78, 5) is 21.7. The van der Waals surface area contributed by atoms with Gasteiger partial charge in [0.2, 0.25) is 0 Å². The summed E-state index contributed by atoms with van der Waals surface area (Å²) >= 11 is 5.65. The summed E-state index contributed by atoms with van der Waals surface area (Å²) in [6.07, 6.45) is -1.07. The Kier molecular flexibility index (Phi) is 5.23. The van der Waals surface area contributed by atoms with Gasteiger partial charge < -0.3 is 9.47 Å². The lowest BCUT2D eigenvalue weighted by Gasteiger charge is -2.19. The van der Waals surface area contributed by atoms with E-state index >= 15 is 0 Å². The Morgan fingerprint density at radius 3 is 2.07 bits per heavy atom. The van der Waals surface area contributed by atoms with Gasteiger partial charge in [0.15, 0.2) is 0 Å². The first kappa shape index (κ1) is 13.0. The second-order valence-electron chi connectivity index (χ2n) is 2.84. The van der Waals surface area contributed by atoms with Crippen molar-refractivity contribution in [3.63, 3.8) is 0 Å². The lowest BCUT2D eigenvalue weighted by atomic mass is 10.3. The fourth-order valence-corrected chi connectivity index (χ4v) is 0.684. The van der Waals surface area contributed by atoms with Crippen LogP contribution in [-0.4, -0.2) is 23.6 Å². The molecule has 0 rings (SSSR count). The van der Waals surface area contributed by atoms with E-state index in [0.29, 0.717) is 0 Å². The normalized spacial score (nSPS) is 14.0. The number of hydrogen-bond donors (Lipinski definition) is 0. The van der Waals surface area contributed by atoms with Gasteiger partial charge in [0.1, 0.15) is 5.38 Å². The molecular formula is C9H13ClO4. The summed E-state index contributed by atoms with van der Waals surface area (Å²) in [6.45, 7) is 7.65. The van der Waals surface area contributed by atoms with Crippen LogP contribution in [0.1, 0.15) is 20.8 Å². The molecule has 0 aromatic heterocycles. The van der Waals surface area contributed by atoms with Crippen molar-refractivity contribution in [3.8, 4) is 0 Å². The van der Waals surface area contributed by atoms with Crippen molar-refractivity contribution < 1.29 is 19.1 Å². The largest absolute Gasteiger partial charge is 0.424 e. The highest BCUT2D eigenvalue weighted by molar-refractivity contribution is 6.20. The molecule has 80 valence electrons. The Balaban J connectivity index is 4.30. The Morgan fingerprint density at radius 2 is 1.79 bits per heavy atom. The first-order valence-electron chi connectivity index (χ1n) is 4.02. The third-order valence-electron chi connectivity index (χ3n) is 1.23. The van der Waals surface area contributed by atoms with Crippen molar-refractivity contribution in [1.29, 1.82) is 0 Å². The highest BCUT2D eigenvalue weighted by atomic mass is 35.5. The van der Waals surface area contributed by atoms with E-state index in [0.717, 1.165) is 0 Å². The quantitative estimate of drug-likeness (QED) is 0.313. The lowest BCUT2D eigenvalue weighted by Crippen LogP contribution is -2.30. The SMILES string of the molecule is C=C(C)C(=O)OC(OC(C)=O)C(C)Cl. The molecule has 0 bridgehead atoms. The molecule has 0 saturated heterocycles. The van der Waals surface area contributed by atoms with Crippen molar-refractivity contribution in [1.82, 2.24) is 0 Å². The van der Waals surface area contributed by atoms with E-state index in [1.807, 2.05) is 0 Å². The number of alkyl halides is 1. The highest BCUT2D eigenvalue weighted by Crippen LogP contribution is 2.10. The number of carbonyl (C=O) groups excluding carboxylic acids is 2. The molecule has 0 heterocycles. The van der Waals surface area contributed by atoms with Gasteiger partial charge in [-0.15, -0.1) is 11.6 Å². The molecule has 0 aromatic carbocycles. The van der Waals surface area contributed by atoms with E-state index in [2.05, 4.69) is 11.3 Å². The fourth-order valence-electron chi connectivity index (χ4n) is 0.581. The maximum atomic E-state index is 11.1. The van der Waals surface area contributed by atoms with E-state index in [9.17, 15) is 9.59 Å². The maximum absolute atomic E-state index is 11.1. The van der Waals surface area contributed by atoms with E-state index in [1.165, 1.54) is 13.8 Å². The number of ether oxygens (including phenoxy) is 2. The predicted octanol–water partition coefficient (Wildman–Crippen LogP) is 1.62. The fraction of sp³-hybridized carbons (Fsp3) is 0.556. The standard InChI is InChI=1S/C9H13ClO4/c1-5(2)8(12)14-9(6(3)10)13-7(4)11/h6,9H,1H2,2-4H3. The minimum absolute atomic E-state index is 0.222. The molecule has 4 nitrogen and oxygen atoms in total. The molecule has 2 unspecified atom stereocenters. The number of esters is 2. The van der Waals surface area contributed by atoms with E-state index in [1.54, 1.807) is 6.92 Å². The van der Waals surface area contributed by atoms with Crippen LogP contribution < -0.4 is 0 Å². The van der Waals surface area contributed by atoms with Crippen LogP contribution in [0.5, 0.6) is 0 Å². The van der Waals surface area contributed by atoms with Crippen molar-refractivity contribution in [2.24, 2.45) is 0 Å². The summed E-state index contributed by atoms with van der Waals surface area (Å²) in [5.41, 5.74) is 0.222. The molecule has 0 N–H and O–H groups in total. The maximum Gasteiger partial charge on any atom is 0.336 e. The molecule has 0 spiro atoms. The van der Waals surface area contributed by atoms with Crippen LogP contribution in [0, 0.1) is 0 Å². The van der Waals surface area contributed by atoms with Crippen LogP contribution >= 0.6 is 11.6 Å². The molecule has 14 heavy (non-hydrogen) atoms. The molecule has 0 radical (unpaired) electrons. The van der Waals surface area contributed by atoms with Gasteiger partial charge in [0, 0.05) is 12.5 Å². The Bertz CT molecular complexity index is 247. The van der Waals surface area contributed by atoms with Gasteiger partial charge >= 0.3 is 11.9 Å². The number of carbonyl (C=O) groups is 2. The molecule has 0 aliphatic rings. The zero-order chi connectivity index (χ0) is 11.3. The monoisotopic (exact) mass is 220 g/mol. The van der Waals surface area contributed by atoms with Gasteiger partial charge in [-0.1, -0.05) is 6.58 Å². The molecule has 0 aliphatic carbocycles. The minimum atomic E-state index is -1.07. The van der Waals surface area contributed by atoms with Gasteiger partial charge in [0.25, 0.3) is 6.29 Å². The van der Waals surface area contributed by atoms with Gasteiger partial charge in [0.05, 0.1) is 0 Å². The molecule has 0 aliphatic heterocycles. The average Bonchev–Trinajstić information content (AvgIpc) is 2.01. The number of rotatable bonds is 4. The van der Waals surface area contributed by atoms with Crippen molar-refractivity contribution in [2.45, 2.75) is 32.4 Å². The number of halogens is 1. The molecule has 2 atom stereocenters. The van der Waals surface area contributed by atoms with Crippen LogP contribution in [0.4, 0.5) is 0 Å². The second-order valence-corrected chi connectivity index (χ2v) is 3.53. The van der Waals surface area contributed by atoms with Gasteiger partial charge in [-0.3, -0.25) is 4.79 Å². The topological polar surface area (TPSA) is 52.6 Å². The zero-order valence-corrected chi connectivity index (χ0v) is 9.13. The second kappa shape index (κ2) is 5.65. The van der Waals surface area contributed by atoms with E-state index < -0.39 is 23.6 Å². The van der Waals surface area contributed by atoms with E-state index in [4.69, 9.17) is 16.3 Å². The van der Waals surface area contributed by atoms with Crippen LogP contribution in [0.3, 0.4) is 0 Å². The van der Waals surface area contributed by atoms with Crippen LogP contribution in [0.25, 0.3) is 0 Å². The highest BCUT2D eigenvalue weighted by Gasteiger charge is 2.22. The third kappa shape index (κ3) is 4.87. The molecule has 0 aromatic rings. The van der Waals surface area contributed by atoms with Crippen molar-refractivity contribution in [2.75, 3.05) is 0 Å². The Morgan fingerprint density at radius 1 is 1.29 bits per heavy atom. The molecule has 0 amide bonds. The van der Waals surface area contributed by atoms with Gasteiger partial charge in [-0.25, -0.2) is 4.79 Å². The first-order chi connectivity index (χ1) is 6.34. The first-order valence-corrected chi connectivity index (χ1v) is 4.46. The average molecular weight is 221 g/mol. The zero-order valence-electron chi connectivity index (χ0n) is 8.37. The van der Waals surface area contributed by atoms with Gasteiger partial charge in [-0.2, -0.15) is 0 Å². The lowest BCUT2D eigenvalue weighted by molar-refractivity contribution is -0.183. The molecule has 5 heteroatoms. The predicted molar refractivity (Wildman–Crippen MR) is 51.8 cm³/mol. The minimum Gasteiger partial charge on any atom is -0.424 e. The van der Waals surface area contributed by atoms with Crippen LogP contribution in [-0.2, 0) is 19.1 Å². The summed E-state index contributed by atoms with van der Waals surface area (Å²) in [6, 6.07) is 0. The molecular weight excluding hydrogens is 208 g/mol. The summed E-state index contributed by atoms with van der Waals surface area (Å²) in [5.74, 6) is -1.19. The number of hydrogen-bond acceptors (Lipinski definition) is 4.